The van der Waals surface area contributed by atoms with Crippen molar-refractivity contribution in [2.45, 2.75) is 46.0 Å². The van der Waals surface area contributed by atoms with Gasteiger partial charge < -0.3 is 15.1 Å². The van der Waals surface area contributed by atoms with Crippen LogP contribution in [0, 0.1) is 5.41 Å². The van der Waals surface area contributed by atoms with E-state index in [0.29, 0.717) is 5.41 Å². The van der Waals surface area contributed by atoms with Crippen molar-refractivity contribution in [3.8, 4) is 0 Å². The molecule has 1 aliphatic rings. The Bertz CT molecular complexity index is 217. The summed E-state index contributed by atoms with van der Waals surface area (Å²) in [5, 5.41) is 3.53. The minimum atomic E-state index is 0.585. The second-order valence-electron chi connectivity index (χ2n) is 6.58. The van der Waals surface area contributed by atoms with Gasteiger partial charge in [-0.2, -0.15) is 0 Å². The highest BCUT2D eigenvalue weighted by molar-refractivity contribution is 4.87. The molecule has 1 aliphatic heterocycles. The van der Waals surface area contributed by atoms with Crippen molar-refractivity contribution in [1.29, 1.82) is 0 Å². The van der Waals surface area contributed by atoms with Gasteiger partial charge in [0.25, 0.3) is 0 Å². The third kappa shape index (κ3) is 6.24. The molecule has 0 aromatic heterocycles. The minimum absolute atomic E-state index is 0.585. The molecule has 1 N–H and O–H groups in total. The number of hydrogen-bond donors (Lipinski definition) is 1. The fraction of sp³-hybridized carbons (Fsp3) is 1.00. The van der Waals surface area contributed by atoms with Crippen LogP contribution in [0.1, 0.15) is 46.0 Å². The number of rotatable bonds is 9. The predicted molar refractivity (Wildman–Crippen MR) is 84.7 cm³/mol. The van der Waals surface area contributed by atoms with Gasteiger partial charge in [0.2, 0.25) is 0 Å². The van der Waals surface area contributed by atoms with Gasteiger partial charge in [0.05, 0.1) is 0 Å². The smallest absolute Gasteiger partial charge is 0.0109 e. The van der Waals surface area contributed by atoms with Crippen LogP contribution < -0.4 is 5.32 Å². The SMILES string of the molecule is CCCN(CCN(C)C)CC1(CCC)CCNCC1. The van der Waals surface area contributed by atoms with E-state index in [1.54, 1.807) is 0 Å². The topological polar surface area (TPSA) is 18.5 Å². The fourth-order valence-electron chi connectivity index (χ4n) is 3.38. The van der Waals surface area contributed by atoms with E-state index in [-0.39, 0.29) is 0 Å². The van der Waals surface area contributed by atoms with Crippen molar-refractivity contribution in [3.05, 3.63) is 0 Å². The maximum atomic E-state index is 3.53. The Kier molecular flexibility index (Phi) is 7.96. The average molecular weight is 269 g/mol. The molecule has 19 heavy (non-hydrogen) atoms. The Morgan fingerprint density at radius 1 is 0.947 bits per heavy atom. The van der Waals surface area contributed by atoms with Gasteiger partial charge in [-0.25, -0.2) is 0 Å². The van der Waals surface area contributed by atoms with E-state index in [9.17, 15) is 0 Å². The maximum Gasteiger partial charge on any atom is 0.0109 e. The van der Waals surface area contributed by atoms with Crippen LogP contribution in [0.2, 0.25) is 0 Å². The highest BCUT2D eigenvalue weighted by Crippen LogP contribution is 2.34. The molecule has 1 heterocycles. The van der Waals surface area contributed by atoms with Gasteiger partial charge in [-0.3, -0.25) is 0 Å². The summed E-state index contributed by atoms with van der Waals surface area (Å²) < 4.78 is 0. The normalized spacial score (nSPS) is 19.3. The van der Waals surface area contributed by atoms with Gasteiger partial charge in [-0.05, 0) is 64.8 Å². The van der Waals surface area contributed by atoms with E-state index >= 15 is 0 Å². The Balaban J connectivity index is 2.55. The first-order valence-corrected chi connectivity index (χ1v) is 8.19. The zero-order valence-electron chi connectivity index (χ0n) is 13.7. The van der Waals surface area contributed by atoms with Gasteiger partial charge in [-0.1, -0.05) is 20.3 Å². The molecule has 0 saturated carbocycles. The summed E-state index contributed by atoms with van der Waals surface area (Å²) >= 11 is 0. The first-order chi connectivity index (χ1) is 9.12. The third-order valence-electron chi connectivity index (χ3n) is 4.41. The van der Waals surface area contributed by atoms with Gasteiger partial charge >= 0.3 is 0 Å². The van der Waals surface area contributed by atoms with Gasteiger partial charge in [0, 0.05) is 19.6 Å². The number of likely N-dealkylation sites (N-methyl/N-ethyl adjacent to an activating group) is 1. The number of piperidine rings is 1. The van der Waals surface area contributed by atoms with E-state index in [0.717, 1.165) is 0 Å². The van der Waals surface area contributed by atoms with Crippen LogP contribution in [-0.4, -0.2) is 63.2 Å². The summed E-state index contributed by atoms with van der Waals surface area (Å²) in [6, 6.07) is 0. The minimum Gasteiger partial charge on any atom is -0.317 e. The molecular formula is C16H35N3. The lowest BCUT2D eigenvalue weighted by Gasteiger charge is -2.42. The molecule has 0 aliphatic carbocycles. The van der Waals surface area contributed by atoms with Gasteiger partial charge in [-0.15, -0.1) is 0 Å². The van der Waals surface area contributed by atoms with E-state index in [2.05, 4.69) is 43.1 Å². The number of nitrogens with one attached hydrogen (secondary N) is 1. The van der Waals surface area contributed by atoms with E-state index in [1.807, 2.05) is 0 Å². The first kappa shape index (κ1) is 16.9. The fourth-order valence-corrected chi connectivity index (χ4v) is 3.38. The lowest BCUT2D eigenvalue weighted by molar-refractivity contribution is 0.0958. The van der Waals surface area contributed by atoms with Crippen molar-refractivity contribution >= 4 is 0 Å². The molecule has 3 nitrogen and oxygen atoms in total. The number of hydrogen-bond acceptors (Lipinski definition) is 3. The van der Waals surface area contributed by atoms with E-state index in [4.69, 9.17) is 0 Å². The molecule has 0 radical (unpaired) electrons. The molecule has 1 fully saturated rings. The zero-order chi connectivity index (χ0) is 14.1. The van der Waals surface area contributed by atoms with Crippen molar-refractivity contribution in [2.75, 3.05) is 53.4 Å². The molecule has 0 aromatic carbocycles. The molecule has 3 heteroatoms. The molecule has 0 amide bonds. The van der Waals surface area contributed by atoms with Crippen LogP contribution in [0.4, 0.5) is 0 Å². The van der Waals surface area contributed by atoms with Crippen LogP contribution in [0.5, 0.6) is 0 Å². The Labute approximate surface area is 120 Å². The van der Waals surface area contributed by atoms with Crippen molar-refractivity contribution in [2.24, 2.45) is 5.41 Å². The first-order valence-electron chi connectivity index (χ1n) is 8.19. The highest BCUT2D eigenvalue weighted by atomic mass is 15.2. The Morgan fingerprint density at radius 3 is 2.16 bits per heavy atom. The molecule has 0 bridgehead atoms. The monoisotopic (exact) mass is 269 g/mol. The summed E-state index contributed by atoms with van der Waals surface area (Å²) in [6.45, 7) is 12.0. The van der Waals surface area contributed by atoms with E-state index < -0.39 is 0 Å². The second-order valence-corrected chi connectivity index (χ2v) is 6.58. The molecule has 1 rings (SSSR count). The van der Waals surface area contributed by atoms with Crippen LogP contribution in [0.25, 0.3) is 0 Å². The standard InChI is InChI=1S/C16H35N3/c1-5-7-16(8-10-17-11-9-16)15-19(12-6-2)14-13-18(3)4/h17H,5-15H2,1-4H3. The van der Waals surface area contributed by atoms with E-state index in [1.165, 1.54) is 71.4 Å². The quantitative estimate of drug-likeness (QED) is 0.693. The summed E-state index contributed by atoms with van der Waals surface area (Å²) in [6.07, 6.45) is 6.73. The predicted octanol–water partition coefficient (Wildman–Crippen LogP) is 2.43. The molecule has 1 saturated heterocycles. The van der Waals surface area contributed by atoms with Crippen LogP contribution in [-0.2, 0) is 0 Å². The van der Waals surface area contributed by atoms with Crippen molar-refractivity contribution < 1.29 is 0 Å². The molecular weight excluding hydrogens is 234 g/mol. The Morgan fingerprint density at radius 2 is 1.63 bits per heavy atom. The summed E-state index contributed by atoms with van der Waals surface area (Å²) in [5.41, 5.74) is 0.585. The Hall–Kier alpha value is -0.120. The third-order valence-corrected chi connectivity index (χ3v) is 4.41. The zero-order valence-corrected chi connectivity index (χ0v) is 13.7. The highest BCUT2D eigenvalue weighted by Gasteiger charge is 2.32. The number of nitrogens with zero attached hydrogens (tertiary/aromatic N) is 2. The molecule has 0 aromatic rings. The van der Waals surface area contributed by atoms with Gasteiger partial charge in [0.1, 0.15) is 0 Å². The van der Waals surface area contributed by atoms with Crippen LogP contribution in [0.15, 0.2) is 0 Å². The summed E-state index contributed by atoms with van der Waals surface area (Å²) in [5.74, 6) is 0. The average Bonchev–Trinajstić information content (AvgIpc) is 2.37. The van der Waals surface area contributed by atoms with Crippen molar-refractivity contribution in [1.82, 2.24) is 15.1 Å². The summed E-state index contributed by atoms with van der Waals surface area (Å²) in [4.78, 5) is 5.01. The molecule has 0 unspecified atom stereocenters. The van der Waals surface area contributed by atoms with Crippen LogP contribution >= 0.6 is 0 Å². The molecule has 0 atom stereocenters. The summed E-state index contributed by atoms with van der Waals surface area (Å²) in [7, 11) is 4.35. The molecule has 0 spiro atoms. The largest absolute Gasteiger partial charge is 0.317 e. The van der Waals surface area contributed by atoms with Crippen LogP contribution in [0.3, 0.4) is 0 Å². The lowest BCUT2D eigenvalue weighted by Crippen LogP contribution is -2.46. The molecule has 114 valence electrons. The second kappa shape index (κ2) is 8.93. The van der Waals surface area contributed by atoms with Gasteiger partial charge in [0.15, 0.2) is 0 Å². The lowest BCUT2D eigenvalue weighted by atomic mass is 9.75. The van der Waals surface area contributed by atoms with Crippen molar-refractivity contribution in [3.63, 3.8) is 0 Å². The maximum absolute atomic E-state index is 3.53.